The molecule has 134 valence electrons. The van der Waals surface area contributed by atoms with Crippen molar-refractivity contribution in [2.75, 3.05) is 37.3 Å². The third-order valence-corrected chi connectivity index (χ3v) is 6.02. The summed E-state index contributed by atoms with van der Waals surface area (Å²) >= 11 is 6.37. The molecule has 7 heteroatoms. The number of benzene rings is 2. The van der Waals surface area contributed by atoms with Crippen LogP contribution in [-0.4, -0.2) is 50.9 Å². The molecular weight excluding hydrogens is 368 g/mol. The number of fused-ring (bicyclic) bond motifs is 1. The molecular formula is C19H19ClN4OS. The topological polar surface area (TPSA) is 49.3 Å². The first-order valence-electron chi connectivity index (χ1n) is 8.48. The third kappa shape index (κ3) is 3.32. The van der Waals surface area contributed by atoms with Crippen molar-refractivity contribution in [3.8, 4) is 11.4 Å². The highest BCUT2D eigenvalue weighted by Crippen LogP contribution is 2.31. The number of halogens is 1. The van der Waals surface area contributed by atoms with Crippen molar-refractivity contribution in [3.05, 3.63) is 53.6 Å². The van der Waals surface area contributed by atoms with Crippen molar-refractivity contribution in [1.29, 1.82) is 0 Å². The SMILES string of the molecule is CS(=O)N1CCN(c2nc(-c3ccccc3Cl)nc3ccccc23)CC1. The van der Waals surface area contributed by atoms with Gasteiger partial charge in [-0.2, -0.15) is 0 Å². The first-order chi connectivity index (χ1) is 12.6. The number of nitrogens with zero attached hydrogens (tertiary/aromatic N) is 4. The van der Waals surface area contributed by atoms with Crippen molar-refractivity contribution in [3.63, 3.8) is 0 Å². The van der Waals surface area contributed by atoms with Crippen LogP contribution in [0.4, 0.5) is 5.82 Å². The Kier molecular flexibility index (Phi) is 4.89. The molecule has 0 radical (unpaired) electrons. The van der Waals surface area contributed by atoms with Gasteiger partial charge in [0.05, 0.1) is 21.5 Å². The smallest absolute Gasteiger partial charge is 0.163 e. The van der Waals surface area contributed by atoms with E-state index in [-0.39, 0.29) is 0 Å². The minimum Gasteiger partial charge on any atom is -0.353 e. The van der Waals surface area contributed by atoms with Gasteiger partial charge in [0.25, 0.3) is 0 Å². The van der Waals surface area contributed by atoms with E-state index in [4.69, 9.17) is 21.6 Å². The van der Waals surface area contributed by atoms with E-state index in [1.165, 1.54) is 0 Å². The van der Waals surface area contributed by atoms with E-state index in [1.807, 2.05) is 52.8 Å². The zero-order valence-corrected chi connectivity index (χ0v) is 16.0. The van der Waals surface area contributed by atoms with Crippen LogP contribution < -0.4 is 4.90 Å². The molecule has 2 aromatic carbocycles. The van der Waals surface area contributed by atoms with E-state index in [0.717, 1.165) is 48.5 Å². The lowest BCUT2D eigenvalue weighted by atomic mass is 10.1. The number of aromatic nitrogens is 2. The number of hydrogen-bond acceptors (Lipinski definition) is 4. The van der Waals surface area contributed by atoms with Crippen molar-refractivity contribution in [1.82, 2.24) is 14.3 Å². The lowest BCUT2D eigenvalue weighted by molar-refractivity contribution is 0.411. The molecule has 0 spiro atoms. The molecule has 1 fully saturated rings. The monoisotopic (exact) mass is 386 g/mol. The second-order valence-electron chi connectivity index (χ2n) is 6.21. The van der Waals surface area contributed by atoms with E-state index in [9.17, 15) is 4.21 Å². The Hall–Kier alpha value is -2.02. The van der Waals surface area contributed by atoms with Gasteiger partial charge >= 0.3 is 0 Å². The molecule has 1 unspecified atom stereocenters. The molecule has 1 aromatic heterocycles. The van der Waals surface area contributed by atoms with Gasteiger partial charge in [-0.05, 0) is 24.3 Å². The average molecular weight is 387 g/mol. The minimum absolute atomic E-state index is 0.630. The summed E-state index contributed by atoms with van der Waals surface area (Å²) in [6, 6.07) is 15.7. The van der Waals surface area contributed by atoms with Crippen molar-refractivity contribution >= 4 is 39.3 Å². The highest BCUT2D eigenvalue weighted by molar-refractivity contribution is 7.81. The second kappa shape index (κ2) is 7.31. The molecule has 0 saturated carbocycles. The van der Waals surface area contributed by atoms with Crippen molar-refractivity contribution in [2.45, 2.75) is 0 Å². The Morgan fingerprint density at radius 1 is 0.962 bits per heavy atom. The molecule has 1 atom stereocenters. The molecule has 1 aliphatic rings. The summed E-state index contributed by atoms with van der Waals surface area (Å²) < 4.78 is 13.7. The van der Waals surface area contributed by atoms with Crippen molar-refractivity contribution < 1.29 is 4.21 Å². The Morgan fingerprint density at radius 2 is 1.65 bits per heavy atom. The van der Waals surface area contributed by atoms with E-state index in [0.29, 0.717) is 10.8 Å². The number of piperazine rings is 1. The maximum Gasteiger partial charge on any atom is 0.163 e. The van der Waals surface area contributed by atoms with E-state index in [2.05, 4.69) is 4.90 Å². The summed E-state index contributed by atoms with van der Waals surface area (Å²) in [7, 11) is -0.931. The summed E-state index contributed by atoms with van der Waals surface area (Å²) in [6.45, 7) is 3.07. The fourth-order valence-electron chi connectivity index (χ4n) is 3.22. The summed E-state index contributed by atoms with van der Waals surface area (Å²) in [5.41, 5.74) is 1.73. The highest BCUT2D eigenvalue weighted by atomic mass is 35.5. The van der Waals surface area contributed by atoms with E-state index in [1.54, 1.807) is 6.26 Å². The van der Waals surface area contributed by atoms with Crippen molar-refractivity contribution in [2.24, 2.45) is 0 Å². The molecule has 1 saturated heterocycles. The van der Waals surface area contributed by atoms with Gasteiger partial charge in [-0.25, -0.2) is 18.5 Å². The predicted octanol–water partition coefficient (Wildman–Crippen LogP) is 3.37. The normalized spacial score (nSPS) is 16.8. The maximum absolute atomic E-state index is 11.7. The molecule has 26 heavy (non-hydrogen) atoms. The van der Waals surface area contributed by atoms with Crippen LogP contribution in [0.2, 0.25) is 5.02 Å². The fraction of sp³-hybridized carbons (Fsp3) is 0.263. The average Bonchev–Trinajstić information content (AvgIpc) is 2.67. The molecule has 0 N–H and O–H groups in total. The maximum atomic E-state index is 11.7. The molecule has 2 heterocycles. The molecule has 0 amide bonds. The Labute approximate surface area is 160 Å². The Morgan fingerprint density at radius 3 is 2.38 bits per heavy atom. The molecule has 4 rings (SSSR count). The predicted molar refractivity (Wildman–Crippen MR) is 108 cm³/mol. The quantitative estimate of drug-likeness (QED) is 0.692. The summed E-state index contributed by atoms with van der Waals surface area (Å²) in [6.07, 6.45) is 1.73. The van der Waals surface area contributed by atoms with Gasteiger partial charge in [0.2, 0.25) is 0 Å². The first-order valence-corrected chi connectivity index (χ1v) is 10.4. The first kappa shape index (κ1) is 17.4. The summed E-state index contributed by atoms with van der Waals surface area (Å²) in [5, 5.41) is 1.66. The van der Waals surface area contributed by atoms with Crippen LogP contribution in [0.15, 0.2) is 48.5 Å². The summed E-state index contributed by atoms with van der Waals surface area (Å²) in [5.74, 6) is 1.54. The van der Waals surface area contributed by atoms with E-state index < -0.39 is 11.0 Å². The molecule has 3 aromatic rings. The summed E-state index contributed by atoms with van der Waals surface area (Å²) in [4.78, 5) is 11.8. The minimum atomic E-state index is -0.931. The number of rotatable bonds is 3. The van der Waals surface area contributed by atoms with Crippen LogP contribution >= 0.6 is 11.6 Å². The van der Waals surface area contributed by atoms with Gasteiger partial charge in [-0.15, -0.1) is 0 Å². The van der Waals surface area contributed by atoms with Crippen LogP contribution in [0.1, 0.15) is 0 Å². The van der Waals surface area contributed by atoms with Crippen LogP contribution in [0.5, 0.6) is 0 Å². The fourth-order valence-corrected chi connectivity index (χ4v) is 4.12. The third-order valence-electron chi connectivity index (χ3n) is 4.60. The van der Waals surface area contributed by atoms with Gasteiger partial charge < -0.3 is 4.90 Å². The van der Waals surface area contributed by atoms with Crippen LogP contribution in [-0.2, 0) is 11.0 Å². The highest BCUT2D eigenvalue weighted by Gasteiger charge is 2.22. The zero-order valence-electron chi connectivity index (χ0n) is 14.4. The lowest BCUT2D eigenvalue weighted by Crippen LogP contribution is -2.47. The number of para-hydroxylation sites is 1. The van der Waals surface area contributed by atoms with Gasteiger partial charge in [-0.3, -0.25) is 0 Å². The number of hydrogen-bond donors (Lipinski definition) is 0. The largest absolute Gasteiger partial charge is 0.353 e. The second-order valence-corrected chi connectivity index (χ2v) is 7.98. The molecule has 0 bridgehead atoms. The van der Waals surface area contributed by atoms with Crippen LogP contribution in [0.25, 0.3) is 22.3 Å². The Balaban J connectivity index is 1.79. The van der Waals surface area contributed by atoms with Gasteiger partial charge in [0.1, 0.15) is 5.82 Å². The van der Waals surface area contributed by atoms with Gasteiger partial charge in [0, 0.05) is 43.4 Å². The van der Waals surface area contributed by atoms with Crippen LogP contribution in [0.3, 0.4) is 0 Å². The van der Waals surface area contributed by atoms with Crippen LogP contribution in [0, 0.1) is 0 Å². The van der Waals surface area contributed by atoms with Gasteiger partial charge in [-0.1, -0.05) is 35.9 Å². The number of anilines is 1. The standard InChI is InChI=1S/C19H19ClN4OS/c1-26(25)24-12-10-23(11-13-24)19-15-7-3-5-9-17(15)21-18(22-19)14-6-2-4-8-16(14)20/h2-9H,10-13H2,1H3. The zero-order chi connectivity index (χ0) is 18.1. The molecule has 0 aliphatic carbocycles. The molecule has 1 aliphatic heterocycles. The molecule has 5 nitrogen and oxygen atoms in total. The van der Waals surface area contributed by atoms with Gasteiger partial charge in [0.15, 0.2) is 5.82 Å². The van der Waals surface area contributed by atoms with E-state index >= 15 is 0 Å². The Bertz CT molecular complexity index is 973. The lowest BCUT2D eigenvalue weighted by Gasteiger charge is -2.34.